The molecule has 7 nitrogen and oxygen atoms in total. The summed E-state index contributed by atoms with van der Waals surface area (Å²) in [5.41, 5.74) is 0. The van der Waals surface area contributed by atoms with Gasteiger partial charge in [-0.25, -0.2) is 0 Å². The molecule has 1 aliphatic heterocycles. The van der Waals surface area contributed by atoms with E-state index in [4.69, 9.17) is 14.2 Å². The molecule has 2 rings (SSSR count). The molecule has 25 heavy (non-hydrogen) atoms. The van der Waals surface area contributed by atoms with Crippen LogP contribution in [0.4, 0.5) is 0 Å². The van der Waals surface area contributed by atoms with Gasteiger partial charge in [0, 0.05) is 27.2 Å². The maximum Gasteiger partial charge on any atom is 0.243 e. The minimum absolute atomic E-state index is 0.104. The van der Waals surface area contributed by atoms with Gasteiger partial charge in [-0.05, 0) is 12.1 Å². The minimum atomic E-state index is -0.532. The van der Waals surface area contributed by atoms with Crippen molar-refractivity contribution in [1.82, 2.24) is 10.2 Å². The summed E-state index contributed by atoms with van der Waals surface area (Å²) in [6.07, 6.45) is 0.495. The van der Waals surface area contributed by atoms with Crippen LogP contribution in [0.3, 0.4) is 0 Å². The van der Waals surface area contributed by atoms with Crippen LogP contribution in [0.15, 0.2) is 30.3 Å². The van der Waals surface area contributed by atoms with E-state index in [2.05, 4.69) is 5.32 Å². The number of para-hydroxylation sites is 1. The van der Waals surface area contributed by atoms with E-state index < -0.39 is 6.04 Å². The molecular formula is C18H26N2O5. The summed E-state index contributed by atoms with van der Waals surface area (Å²) in [6, 6.07) is 8.89. The fourth-order valence-corrected chi connectivity index (χ4v) is 2.83. The van der Waals surface area contributed by atoms with Gasteiger partial charge in [-0.2, -0.15) is 0 Å². The van der Waals surface area contributed by atoms with Crippen LogP contribution in [0.5, 0.6) is 5.75 Å². The lowest BCUT2D eigenvalue weighted by molar-refractivity contribution is -0.139. The number of hydrogen-bond donors (Lipinski definition) is 1. The highest BCUT2D eigenvalue weighted by Crippen LogP contribution is 2.24. The Balaban J connectivity index is 2.01. The molecule has 2 unspecified atom stereocenters. The Morgan fingerprint density at radius 3 is 2.56 bits per heavy atom. The van der Waals surface area contributed by atoms with Crippen LogP contribution in [0.25, 0.3) is 0 Å². The van der Waals surface area contributed by atoms with Crippen LogP contribution in [0.2, 0.25) is 0 Å². The zero-order valence-corrected chi connectivity index (χ0v) is 14.8. The lowest BCUT2D eigenvalue weighted by atomic mass is 10.1. The first-order chi connectivity index (χ1) is 12.2. The Morgan fingerprint density at radius 2 is 1.88 bits per heavy atom. The Labute approximate surface area is 148 Å². The summed E-state index contributed by atoms with van der Waals surface area (Å²) in [5, 5.41) is 2.81. The zero-order chi connectivity index (χ0) is 18.1. The number of likely N-dealkylation sites (tertiary alicyclic amines) is 1. The molecule has 2 amide bonds. The smallest absolute Gasteiger partial charge is 0.243 e. The maximum absolute atomic E-state index is 12.5. The van der Waals surface area contributed by atoms with Gasteiger partial charge in [-0.15, -0.1) is 0 Å². The summed E-state index contributed by atoms with van der Waals surface area (Å²) in [6.45, 7) is 1.56. The lowest BCUT2D eigenvalue weighted by Gasteiger charge is -2.23. The number of rotatable bonds is 9. The first-order valence-electron chi connectivity index (χ1n) is 8.42. The van der Waals surface area contributed by atoms with Crippen molar-refractivity contribution in [2.45, 2.75) is 25.0 Å². The molecular weight excluding hydrogens is 324 g/mol. The van der Waals surface area contributed by atoms with E-state index in [1.165, 1.54) is 0 Å². The number of carbonyl (C=O) groups is 2. The van der Waals surface area contributed by atoms with Crippen molar-refractivity contribution in [3.63, 3.8) is 0 Å². The van der Waals surface area contributed by atoms with Gasteiger partial charge in [-0.3, -0.25) is 9.59 Å². The van der Waals surface area contributed by atoms with Gasteiger partial charge in [0.15, 0.2) is 0 Å². The van der Waals surface area contributed by atoms with Crippen LogP contribution in [0, 0.1) is 0 Å². The van der Waals surface area contributed by atoms with Crippen LogP contribution < -0.4 is 10.1 Å². The fourth-order valence-electron chi connectivity index (χ4n) is 2.83. The summed E-state index contributed by atoms with van der Waals surface area (Å²) < 4.78 is 15.9. The minimum Gasteiger partial charge on any atom is -0.488 e. The molecule has 1 aromatic rings. The Bertz CT molecular complexity index is 552. The average Bonchev–Trinajstić information content (AvgIpc) is 3.04. The number of nitrogens with one attached hydrogen (secondary N) is 1. The quantitative estimate of drug-likeness (QED) is 0.668. The van der Waals surface area contributed by atoms with E-state index in [0.29, 0.717) is 32.7 Å². The number of hydrogen-bond acceptors (Lipinski definition) is 5. The zero-order valence-electron chi connectivity index (χ0n) is 14.8. The number of carbonyl (C=O) groups excluding carboxylic acids is 2. The summed E-state index contributed by atoms with van der Waals surface area (Å²) in [4.78, 5) is 26.5. The highest BCUT2D eigenvalue weighted by Gasteiger charge is 2.40. The molecule has 1 aromatic carbocycles. The van der Waals surface area contributed by atoms with Crippen molar-refractivity contribution in [2.24, 2.45) is 0 Å². The number of amides is 2. The van der Waals surface area contributed by atoms with Crippen LogP contribution in [0.1, 0.15) is 12.8 Å². The molecule has 1 fully saturated rings. The van der Waals surface area contributed by atoms with Gasteiger partial charge in [-0.1, -0.05) is 18.2 Å². The molecule has 0 bridgehead atoms. The van der Waals surface area contributed by atoms with Crippen LogP contribution in [-0.2, 0) is 19.1 Å². The third-order valence-corrected chi connectivity index (χ3v) is 4.06. The lowest BCUT2D eigenvalue weighted by Crippen LogP contribution is -2.46. The molecule has 1 aliphatic rings. The van der Waals surface area contributed by atoms with Gasteiger partial charge in [0.05, 0.1) is 26.2 Å². The largest absolute Gasteiger partial charge is 0.488 e. The normalized spacial score (nSPS) is 19.7. The first kappa shape index (κ1) is 19.2. The van der Waals surface area contributed by atoms with E-state index in [1.54, 1.807) is 19.1 Å². The third-order valence-electron chi connectivity index (χ3n) is 4.06. The number of methoxy groups -OCH3 is 2. The van der Waals surface area contributed by atoms with Gasteiger partial charge in [0.25, 0.3) is 0 Å². The SMILES string of the molecule is COCCNC(=O)C1CC(Oc2ccccc2)CN1C(=O)CCOC. The van der Waals surface area contributed by atoms with Crippen molar-refractivity contribution >= 4 is 11.8 Å². The predicted octanol–water partition coefficient (Wildman–Crippen LogP) is 0.834. The van der Waals surface area contributed by atoms with Crippen LogP contribution in [-0.4, -0.2) is 69.4 Å². The highest BCUT2D eigenvalue weighted by molar-refractivity contribution is 5.88. The molecule has 0 spiro atoms. The number of benzene rings is 1. The number of nitrogens with zero attached hydrogens (tertiary/aromatic N) is 1. The molecule has 0 radical (unpaired) electrons. The first-order valence-corrected chi connectivity index (χ1v) is 8.42. The van der Waals surface area contributed by atoms with E-state index in [0.717, 1.165) is 5.75 Å². The topological polar surface area (TPSA) is 77.1 Å². The second kappa shape index (κ2) is 10.0. The molecule has 0 saturated carbocycles. The molecule has 1 N–H and O–H groups in total. The van der Waals surface area contributed by atoms with Crippen molar-refractivity contribution in [1.29, 1.82) is 0 Å². The van der Waals surface area contributed by atoms with Gasteiger partial charge in [0.1, 0.15) is 17.9 Å². The second-order valence-electron chi connectivity index (χ2n) is 5.88. The van der Waals surface area contributed by atoms with E-state index in [-0.39, 0.29) is 24.3 Å². The van der Waals surface area contributed by atoms with E-state index in [9.17, 15) is 9.59 Å². The Morgan fingerprint density at radius 1 is 1.16 bits per heavy atom. The molecule has 0 aromatic heterocycles. The van der Waals surface area contributed by atoms with Crippen molar-refractivity contribution in [3.8, 4) is 5.75 Å². The predicted molar refractivity (Wildman–Crippen MR) is 92.4 cm³/mol. The van der Waals surface area contributed by atoms with Crippen LogP contribution >= 0.6 is 0 Å². The van der Waals surface area contributed by atoms with Crippen molar-refractivity contribution in [3.05, 3.63) is 30.3 Å². The summed E-state index contributed by atoms with van der Waals surface area (Å²) in [5.74, 6) is 0.451. The van der Waals surface area contributed by atoms with E-state index in [1.807, 2.05) is 30.3 Å². The van der Waals surface area contributed by atoms with Gasteiger partial charge in [0.2, 0.25) is 11.8 Å². The summed E-state index contributed by atoms with van der Waals surface area (Å²) in [7, 11) is 3.12. The molecule has 7 heteroatoms. The molecule has 138 valence electrons. The molecule has 0 aliphatic carbocycles. The highest BCUT2D eigenvalue weighted by atomic mass is 16.5. The standard InChI is InChI=1S/C18H26N2O5/c1-23-10-8-17(21)20-13-15(25-14-6-4-3-5-7-14)12-16(20)18(22)19-9-11-24-2/h3-7,15-16H,8-13H2,1-2H3,(H,19,22). The van der Waals surface area contributed by atoms with Crippen molar-refractivity contribution < 1.29 is 23.8 Å². The maximum atomic E-state index is 12.5. The molecule has 2 atom stereocenters. The monoisotopic (exact) mass is 350 g/mol. The Kier molecular flexibility index (Phi) is 7.69. The average molecular weight is 350 g/mol. The Hall–Kier alpha value is -2.12. The summed E-state index contributed by atoms with van der Waals surface area (Å²) >= 11 is 0. The van der Waals surface area contributed by atoms with Gasteiger partial charge < -0.3 is 24.4 Å². The molecule has 1 heterocycles. The fraction of sp³-hybridized carbons (Fsp3) is 0.556. The van der Waals surface area contributed by atoms with Crippen molar-refractivity contribution in [2.75, 3.05) is 40.5 Å². The third kappa shape index (κ3) is 5.72. The number of ether oxygens (including phenoxy) is 3. The second-order valence-corrected chi connectivity index (χ2v) is 5.88. The van der Waals surface area contributed by atoms with Gasteiger partial charge >= 0.3 is 0 Å². The molecule has 1 saturated heterocycles. The van der Waals surface area contributed by atoms with E-state index >= 15 is 0 Å².